The van der Waals surface area contributed by atoms with Gasteiger partial charge < -0.3 is 0 Å². The van der Waals surface area contributed by atoms with Crippen LogP contribution in [-0.4, -0.2) is 4.98 Å². The van der Waals surface area contributed by atoms with Crippen LogP contribution in [0, 0.1) is 12.3 Å². The molecule has 0 amide bonds. The highest BCUT2D eigenvalue weighted by Crippen LogP contribution is 2.42. The molecule has 38 heavy (non-hydrogen) atoms. The molecule has 1 heterocycles. The van der Waals surface area contributed by atoms with Crippen LogP contribution in [0.5, 0.6) is 0 Å². The molecule has 0 aliphatic heterocycles. The van der Waals surface area contributed by atoms with Crippen LogP contribution in [-0.2, 0) is 5.41 Å². The van der Waals surface area contributed by atoms with E-state index in [2.05, 4.69) is 157 Å². The average Bonchev–Trinajstić information content (AvgIpc) is 2.93. The van der Waals surface area contributed by atoms with E-state index in [0.717, 1.165) is 17.0 Å². The summed E-state index contributed by atoms with van der Waals surface area (Å²) in [5.74, 6) is 0. The SMILES string of the molecule is Cc1cc(C(C)(C)C(C)(C)C)cc(-c2cccc(-c3ccc(-c4ccc(-c5ccccc5)cc4)cc3)c2)n1. The second-order valence-corrected chi connectivity index (χ2v) is 11.9. The van der Waals surface area contributed by atoms with Gasteiger partial charge in [-0.05, 0) is 74.9 Å². The lowest BCUT2D eigenvalue weighted by Crippen LogP contribution is -2.34. The third-order valence-electron chi connectivity index (χ3n) is 8.25. The number of rotatable bonds is 5. The van der Waals surface area contributed by atoms with Crippen molar-refractivity contribution in [1.82, 2.24) is 4.98 Å². The van der Waals surface area contributed by atoms with Gasteiger partial charge in [-0.3, -0.25) is 4.98 Å². The lowest BCUT2D eigenvalue weighted by atomic mass is 9.65. The zero-order chi connectivity index (χ0) is 26.9. The Labute approximate surface area is 228 Å². The Bertz CT molecular complexity index is 1530. The van der Waals surface area contributed by atoms with E-state index in [1.807, 2.05) is 0 Å². The molecule has 0 atom stereocenters. The summed E-state index contributed by atoms with van der Waals surface area (Å²) in [4.78, 5) is 4.92. The Kier molecular flexibility index (Phi) is 6.80. The second-order valence-electron chi connectivity index (χ2n) is 11.9. The molecule has 0 saturated carbocycles. The molecule has 4 aromatic carbocycles. The molecule has 1 nitrogen and oxygen atoms in total. The fraction of sp³-hybridized carbons (Fsp3) is 0.216. The van der Waals surface area contributed by atoms with Crippen molar-refractivity contribution in [2.45, 2.75) is 47.0 Å². The van der Waals surface area contributed by atoms with E-state index in [0.29, 0.717) is 0 Å². The van der Waals surface area contributed by atoms with Crippen LogP contribution < -0.4 is 0 Å². The fourth-order valence-electron chi connectivity index (χ4n) is 4.81. The summed E-state index contributed by atoms with van der Waals surface area (Å²) >= 11 is 0. The molecule has 0 bridgehead atoms. The van der Waals surface area contributed by atoms with Gasteiger partial charge in [-0.1, -0.05) is 132 Å². The summed E-state index contributed by atoms with van der Waals surface area (Å²) < 4.78 is 0. The maximum Gasteiger partial charge on any atom is 0.0708 e. The van der Waals surface area contributed by atoms with Gasteiger partial charge in [-0.2, -0.15) is 0 Å². The molecule has 0 saturated heterocycles. The molecule has 0 unspecified atom stereocenters. The van der Waals surface area contributed by atoms with Crippen molar-refractivity contribution in [2.75, 3.05) is 0 Å². The lowest BCUT2D eigenvalue weighted by Gasteiger charge is -2.39. The molecular formula is C37H37N. The zero-order valence-electron chi connectivity index (χ0n) is 23.4. The van der Waals surface area contributed by atoms with Gasteiger partial charge in [0.25, 0.3) is 0 Å². The van der Waals surface area contributed by atoms with Crippen LogP contribution >= 0.6 is 0 Å². The Morgan fingerprint density at radius 1 is 0.447 bits per heavy atom. The lowest BCUT2D eigenvalue weighted by molar-refractivity contribution is 0.225. The van der Waals surface area contributed by atoms with Crippen LogP contribution in [0.15, 0.2) is 115 Å². The molecule has 0 aliphatic rings. The normalized spacial score (nSPS) is 11.9. The van der Waals surface area contributed by atoms with E-state index < -0.39 is 0 Å². The smallest absolute Gasteiger partial charge is 0.0708 e. The molecule has 190 valence electrons. The number of nitrogens with zero attached hydrogens (tertiary/aromatic N) is 1. The maximum atomic E-state index is 4.92. The van der Waals surface area contributed by atoms with Gasteiger partial charge in [0.05, 0.1) is 5.69 Å². The predicted octanol–water partition coefficient (Wildman–Crippen LogP) is 10.4. The third-order valence-corrected chi connectivity index (χ3v) is 8.25. The molecule has 5 rings (SSSR count). The van der Waals surface area contributed by atoms with Crippen molar-refractivity contribution < 1.29 is 0 Å². The summed E-state index contributed by atoms with van der Waals surface area (Å²) in [5.41, 5.74) is 12.1. The van der Waals surface area contributed by atoms with Crippen molar-refractivity contribution in [3.05, 3.63) is 127 Å². The van der Waals surface area contributed by atoms with Gasteiger partial charge in [0.15, 0.2) is 0 Å². The largest absolute Gasteiger partial charge is 0.253 e. The highest BCUT2D eigenvalue weighted by molar-refractivity contribution is 5.75. The molecule has 1 aromatic heterocycles. The standard InChI is InChI=1S/C37H37N/c1-26-23-34(37(5,6)36(2,3)4)25-35(38-26)33-14-10-13-32(24-33)31-21-19-30(20-22-31)29-17-15-28(16-18-29)27-11-8-7-9-12-27/h7-25H,1-6H3. The zero-order valence-corrected chi connectivity index (χ0v) is 23.4. The van der Waals surface area contributed by atoms with Crippen LogP contribution in [0.4, 0.5) is 0 Å². The summed E-state index contributed by atoms with van der Waals surface area (Å²) in [5, 5.41) is 0. The first kappa shape index (κ1) is 25.7. The second kappa shape index (κ2) is 10.1. The number of pyridine rings is 1. The van der Waals surface area contributed by atoms with Gasteiger partial charge in [-0.15, -0.1) is 0 Å². The van der Waals surface area contributed by atoms with Crippen molar-refractivity contribution in [2.24, 2.45) is 5.41 Å². The molecule has 1 heteroatoms. The van der Waals surface area contributed by atoms with Crippen LogP contribution in [0.2, 0.25) is 0 Å². The quantitative estimate of drug-likeness (QED) is 0.236. The van der Waals surface area contributed by atoms with Gasteiger partial charge in [-0.25, -0.2) is 0 Å². The third kappa shape index (κ3) is 5.20. The van der Waals surface area contributed by atoms with Crippen molar-refractivity contribution in [1.29, 1.82) is 0 Å². The number of aryl methyl sites for hydroxylation is 1. The minimum absolute atomic E-state index is 0.0299. The van der Waals surface area contributed by atoms with Gasteiger partial charge in [0.2, 0.25) is 0 Å². The van der Waals surface area contributed by atoms with Crippen molar-refractivity contribution in [3.8, 4) is 44.6 Å². The van der Waals surface area contributed by atoms with Crippen molar-refractivity contribution >= 4 is 0 Å². The Morgan fingerprint density at radius 2 is 0.895 bits per heavy atom. The van der Waals surface area contributed by atoms with E-state index in [-0.39, 0.29) is 10.8 Å². The summed E-state index contributed by atoms with van der Waals surface area (Å²) in [6.45, 7) is 13.7. The molecule has 0 aliphatic carbocycles. The molecular weight excluding hydrogens is 458 g/mol. The first-order valence-electron chi connectivity index (χ1n) is 13.5. The molecule has 0 spiro atoms. The minimum atomic E-state index is 0.0299. The van der Waals surface area contributed by atoms with Crippen LogP contribution in [0.25, 0.3) is 44.6 Å². The Balaban J connectivity index is 1.41. The number of benzene rings is 4. The van der Waals surface area contributed by atoms with Gasteiger partial charge in [0, 0.05) is 11.3 Å². The Morgan fingerprint density at radius 3 is 1.42 bits per heavy atom. The molecule has 0 radical (unpaired) electrons. The average molecular weight is 496 g/mol. The maximum absolute atomic E-state index is 4.92. The number of hydrogen-bond acceptors (Lipinski definition) is 1. The van der Waals surface area contributed by atoms with Gasteiger partial charge >= 0.3 is 0 Å². The van der Waals surface area contributed by atoms with Crippen LogP contribution in [0.3, 0.4) is 0 Å². The summed E-state index contributed by atoms with van der Waals surface area (Å²) in [6.07, 6.45) is 0. The first-order chi connectivity index (χ1) is 18.1. The highest BCUT2D eigenvalue weighted by Gasteiger charge is 2.34. The fourth-order valence-corrected chi connectivity index (χ4v) is 4.81. The topological polar surface area (TPSA) is 12.9 Å². The van der Waals surface area contributed by atoms with E-state index in [4.69, 9.17) is 4.98 Å². The summed E-state index contributed by atoms with van der Waals surface area (Å²) in [6, 6.07) is 41.5. The molecule has 5 aromatic rings. The molecule has 0 fully saturated rings. The summed E-state index contributed by atoms with van der Waals surface area (Å²) in [7, 11) is 0. The van der Waals surface area contributed by atoms with Crippen molar-refractivity contribution in [3.63, 3.8) is 0 Å². The van der Waals surface area contributed by atoms with E-state index in [9.17, 15) is 0 Å². The molecule has 0 N–H and O–H groups in total. The van der Waals surface area contributed by atoms with E-state index in [1.54, 1.807) is 0 Å². The minimum Gasteiger partial charge on any atom is -0.253 e. The predicted molar refractivity (Wildman–Crippen MR) is 163 cm³/mol. The number of aromatic nitrogens is 1. The monoisotopic (exact) mass is 495 g/mol. The Hall–Kier alpha value is -3.97. The van der Waals surface area contributed by atoms with E-state index >= 15 is 0 Å². The highest BCUT2D eigenvalue weighted by atomic mass is 14.7. The first-order valence-corrected chi connectivity index (χ1v) is 13.5. The van der Waals surface area contributed by atoms with Gasteiger partial charge in [0.1, 0.15) is 0 Å². The van der Waals surface area contributed by atoms with Crippen LogP contribution in [0.1, 0.15) is 45.9 Å². The van der Waals surface area contributed by atoms with E-state index in [1.165, 1.54) is 38.9 Å². The number of hydrogen-bond donors (Lipinski definition) is 0.